The molecule has 24 heavy (non-hydrogen) atoms. The fraction of sp³-hybridized carbons (Fsp3) is 0.235. The summed E-state index contributed by atoms with van der Waals surface area (Å²) < 4.78 is 38.2. The lowest BCUT2D eigenvalue weighted by atomic mass is 10.1. The van der Waals surface area contributed by atoms with Gasteiger partial charge in [-0.25, -0.2) is 8.42 Å². The average Bonchev–Trinajstić information content (AvgIpc) is 2.75. The highest BCUT2D eigenvalue weighted by Crippen LogP contribution is 2.34. The molecule has 0 saturated carbocycles. The summed E-state index contributed by atoms with van der Waals surface area (Å²) in [5, 5.41) is 0. The van der Waals surface area contributed by atoms with Crippen molar-refractivity contribution < 1.29 is 17.9 Å². The summed E-state index contributed by atoms with van der Waals surface area (Å²) in [4.78, 5) is 4.72. The van der Waals surface area contributed by atoms with Crippen LogP contribution in [0.5, 0.6) is 11.5 Å². The van der Waals surface area contributed by atoms with Gasteiger partial charge >= 0.3 is 0 Å². The Morgan fingerprint density at radius 2 is 1.88 bits per heavy atom. The molecule has 0 fully saturated rings. The lowest BCUT2D eigenvalue weighted by Gasteiger charge is -2.11. The Morgan fingerprint density at radius 3 is 2.79 bits per heavy atom. The van der Waals surface area contributed by atoms with E-state index in [-0.39, 0.29) is 4.90 Å². The number of hydrogen-bond donors (Lipinski definition) is 1. The van der Waals surface area contributed by atoms with Gasteiger partial charge in [-0.15, -0.1) is 0 Å². The highest BCUT2D eigenvalue weighted by molar-refractivity contribution is 7.90. The minimum atomic E-state index is -3.52. The molecular formula is C17H16N2O4S. The van der Waals surface area contributed by atoms with Crippen LogP contribution >= 0.6 is 0 Å². The number of fused-ring (bicyclic) bond motifs is 2. The molecule has 1 N–H and O–H groups in total. The van der Waals surface area contributed by atoms with E-state index in [2.05, 4.69) is 9.71 Å². The predicted molar refractivity (Wildman–Crippen MR) is 89.1 cm³/mol. The second-order valence-corrected chi connectivity index (χ2v) is 7.21. The van der Waals surface area contributed by atoms with E-state index >= 15 is 0 Å². The first-order valence-corrected chi connectivity index (χ1v) is 9.18. The zero-order valence-electron chi connectivity index (χ0n) is 12.9. The van der Waals surface area contributed by atoms with Crippen molar-refractivity contribution in [1.82, 2.24) is 4.72 Å². The van der Waals surface area contributed by atoms with E-state index in [1.807, 2.05) is 18.2 Å². The smallest absolute Gasteiger partial charge is 0.263 e. The number of benzene rings is 2. The van der Waals surface area contributed by atoms with E-state index in [4.69, 9.17) is 9.47 Å². The van der Waals surface area contributed by atoms with Gasteiger partial charge in [-0.2, -0.15) is 0 Å². The number of nitrogens with zero attached hydrogens (tertiary/aromatic N) is 1. The Morgan fingerprint density at radius 1 is 1.04 bits per heavy atom. The zero-order valence-corrected chi connectivity index (χ0v) is 13.7. The van der Waals surface area contributed by atoms with E-state index in [1.54, 1.807) is 24.3 Å². The lowest BCUT2D eigenvalue weighted by Crippen LogP contribution is -2.22. The molecule has 2 aliphatic rings. The molecule has 4 rings (SSSR count). The van der Waals surface area contributed by atoms with Gasteiger partial charge in [-0.3, -0.25) is 9.71 Å². The summed E-state index contributed by atoms with van der Waals surface area (Å²) in [5.41, 5.74) is 1.46. The van der Waals surface area contributed by atoms with Crippen molar-refractivity contribution in [2.24, 2.45) is 4.99 Å². The van der Waals surface area contributed by atoms with Crippen LogP contribution in [0.4, 0.5) is 0 Å². The third-order valence-electron chi connectivity index (χ3n) is 3.92. The van der Waals surface area contributed by atoms with Crippen molar-refractivity contribution >= 4 is 15.9 Å². The van der Waals surface area contributed by atoms with Gasteiger partial charge in [0, 0.05) is 17.5 Å². The van der Waals surface area contributed by atoms with Crippen molar-refractivity contribution in [1.29, 1.82) is 0 Å². The van der Waals surface area contributed by atoms with Crippen LogP contribution in [0.2, 0.25) is 0 Å². The zero-order chi connectivity index (χ0) is 16.6. The van der Waals surface area contributed by atoms with Crippen LogP contribution in [0.25, 0.3) is 0 Å². The van der Waals surface area contributed by atoms with Crippen molar-refractivity contribution in [3.63, 3.8) is 0 Å². The average molecular weight is 344 g/mol. The molecule has 0 bridgehead atoms. The Hall–Kier alpha value is -2.54. The second kappa shape index (κ2) is 5.83. The van der Waals surface area contributed by atoms with Crippen LogP contribution in [0.1, 0.15) is 17.5 Å². The molecule has 0 radical (unpaired) electrons. The molecule has 2 aliphatic heterocycles. The van der Waals surface area contributed by atoms with Crippen LogP contribution in [-0.4, -0.2) is 27.5 Å². The fourth-order valence-corrected chi connectivity index (χ4v) is 4.05. The molecule has 2 aromatic rings. The van der Waals surface area contributed by atoms with Gasteiger partial charge < -0.3 is 9.47 Å². The molecule has 2 aromatic carbocycles. The third kappa shape index (κ3) is 2.60. The topological polar surface area (TPSA) is 77.0 Å². The molecular weight excluding hydrogens is 328 g/mol. The SMILES string of the molecule is O=S1(=O)NC(=NCc2cccc3c2OCCCO3)c2ccccc21. The minimum Gasteiger partial charge on any atom is -0.490 e. The summed E-state index contributed by atoms with van der Waals surface area (Å²) in [6.07, 6.45) is 0.829. The highest BCUT2D eigenvalue weighted by atomic mass is 32.2. The van der Waals surface area contributed by atoms with Crippen molar-refractivity contribution in [3.05, 3.63) is 53.6 Å². The Bertz CT molecular complexity index is 922. The summed E-state index contributed by atoms with van der Waals surface area (Å²) in [5.74, 6) is 1.75. The van der Waals surface area contributed by atoms with E-state index in [0.29, 0.717) is 42.7 Å². The quantitative estimate of drug-likeness (QED) is 0.905. The molecule has 0 unspecified atom stereocenters. The van der Waals surface area contributed by atoms with Crippen LogP contribution < -0.4 is 14.2 Å². The van der Waals surface area contributed by atoms with E-state index in [1.165, 1.54) is 0 Å². The van der Waals surface area contributed by atoms with Gasteiger partial charge in [0.1, 0.15) is 5.84 Å². The summed E-state index contributed by atoms with van der Waals surface area (Å²) in [6.45, 7) is 1.52. The number of amidine groups is 1. The molecule has 2 heterocycles. The summed E-state index contributed by atoms with van der Waals surface area (Å²) in [7, 11) is -3.52. The van der Waals surface area contributed by atoms with Gasteiger partial charge in [0.05, 0.1) is 24.7 Å². The van der Waals surface area contributed by atoms with Crippen LogP contribution in [0, 0.1) is 0 Å². The molecule has 0 aliphatic carbocycles. The fourth-order valence-electron chi connectivity index (χ4n) is 2.79. The Labute approximate surface area is 140 Å². The number of aliphatic imine (C=N–C) groups is 1. The largest absolute Gasteiger partial charge is 0.490 e. The number of para-hydroxylation sites is 1. The predicted octanol–water partition coefficient (Wildman–Crippen LogP) is 2.09. The second-order valence-electron chi connectivity index (χ2n) is 5.56. The normalized spacial score (nSPS) is 19.4. The van der Waals surface area contributed by atoms with Crippen molar-refractivity contribution in [2.75, 3.05) is 13.2 Å². The number of sulfonamides is 1. The number of nitrogens with one attached hydrogen (secondary N) is 1. The number of hydrogen-bond acceptors (Lipinski definition) is 5. The first-order valence-electron chi connectivity index (χ1n) is 7.69. The first-order chi connectivity index (χ1) is 11.6. The molecule has 0 aromatic heterocycles. The third-order valence-corrected chi connectivity index (χ3v) is 5.32. The molecule has 7 heteroatoms. The van der Waals surface area contributed by atoms with E-state index in [9.17, 15) is 8.42 Å². The maximum absolute atomic E-state index is 12.1. The van der Waals surface area contributed by atoms with E-state index < -0.39 is 10.0 Å². The molecule has 6 nitrogen and oxygen atoms in total. The molecule has 124 valence electrons. The standard InChI is InChI=1S/C17H16N2O4S/c20-24(21)15-8-2-1-6-13(15)17(19-24)18-11-12-5-3-7-14-16(12)23-10-4-9-22-14/h1-3,5-8H,4,9-11H2,(H,18,19). The number of rotatable bonds is 2. The summed E-state index contributed by atoms with van der Waals surface area (Å²) >= 11 is 0. The first kappa shape index (κ1) is 15.0. The van der Waals surface area contributed by atoms with Crippen LogP contribution in [-0.2, 0) is 16.6 Å². The molecule has 0 amide bonds. The Balaban J connectivity index is 1.68. The van der Waals surface area contributed by atoms with Gasteiger partial charge in [0.25, 0.3) is 10.0 Å². The van der Waals surface area contributed by atoms with E-state index in [0.717, 1.165) is 12.0 Å². The van der Waals surface area contributed by atoms with Gasteiger partial charge in [-0.1, -0.05) is 24.3 Å². The minimum absolute atomic E-state index is 0.259. The lowest BCUT2D eigenvalue weighted by molar-refractivity contribution is 0.296. The summed E-state index contributed by atoms with van der Waals surface area (Å²) in [6, 6.07) is 12.5. The van der Waals surface area contributed by atoms with Gasteiger partial charge in [-0.05, 0) is 18.2 Å². The molecule has 0 saturated heterocycles. The maximum atomic E-state index is 12.1. The molecule has 0 atom stereocenters. The van der Waals surface area contributed by atoms with Crippen LogP contribution in [0.3, 0.4) is 0 Å². The maximum Gasteiger partial charge on any atom is 0.263 e. The Kier molecular flexibility index (Phi) is 3.65. The van der Waals surface area contributed by atoms with Crippen molar-refractivity contribution in [2.45, 2.75) is 17.9 Å². The van der Waals surface area contributed by atoms with Crippen molar-refractivity contribution in [3.8, 4) is 11.5 Å². The monoisotopic (exact) mass is 344 g/mol. The van der Waals surface area contributed by atoms with Crippen LogP contribution in [0.15, 0.2) is 52.4 Å². The number of ether oxygens (including phenoxy) is 2. The van der Waals surface area contributed by atoms with Gasteiger partial charge in [0.2, 0.25) is 0 Å². The highest BCUT2D eigenvalue weighted by Gasteiger charge is 2.30. The van der Waals surface area contributed by atoms with Gasteiger partial charge in [0.15, 0.2) is 11.5 Å². The molecule has 0 spiro atoms.